The van der Waals surface area contributed by atoms with Gasteiger partial charge in [0.25, 0.3) is 0 Å². The summed E-state index contributed by atoms with van der Waals surface area (Å²) in [5.41, 5.74) is 1.81. The molecule has 1 heterocycles. The van der Waals surface area contributed by atoms with Crippen molar-refractivity contribution in [2.45, 2.75) is 25.8 Å². The van der Waals surface area contributed by atoms with Crippen molar-refractivity contribution < 1.29 is 4.39 Å². The summed E-state index contributed by atoms with van der Waals surface area (Å²) in [6.07, 6.45) is 2.32. The van der Waals surface area contributed by atoms with Crippen molar-refractivity contribution in [1.29, 1.82) is 0 Å². The summed E-state index contributed by atoms with van der Waals surface area (Å²) in [4.78, 5) is 0. The molecule has 0 aromatic heterocycles. The molecule has 1 aromatic rings. The number of halogens is 1. The number of nitrogens with one attached hydrogen (secondary N) is 1. The number of benzene rings is 1. The largest absolute Gasteiger partial charge is 0.310 e. The van der Waals surface area contributed by atoms with Gasteiger partial charge < -0.3 is 5.32 Å². The monoisotopic (exact) mass is 179 g/mol. The summed E-state index contributed by atoms with van der Waals surface area (Å²) in [5.74, 6) is -0.0915. The molecule has 1 saturated heterocycles. The zero-order chi connectivity index (χ0) is 9.26. The Morgan fingerprint density at radius 2 is 2.31 bits per heavy atom. The van der Waals surface area contributed by atoms with Crippen LogP contribution in [0.5, 0.6) is 0 Å². The van der Waals surface area contributed by atoms with Crippen LogP contribution < -0.4 is 5.32 Å². The molecule has 1 atom stereocenters. The van der Waals surface area contributed by atoms with E-state index >= 15 is 0 Å². The molecule has 1 aliphatic heterocycles. The molecule has 1 N–H and O–H groups in total. The number of hydrogen-bond acceptors (Lipinski definition) is 1. The highest BCUT2D eigenvalue weighted by molar-refractivity contribution is 5.26. The molecule has 1 aliphatic rings. The van der Waals surface area contributed by atoms with E-state index in [0.29, 0.717) is 6.04 Å². The van der Waals surface area contributed by atoms with E-state index in [2.05, 4.69) is 5.32 Å². The quantitative estimate of drug-likeness (QED) is 0.698. The van der Waals surface area contributed by atoms with Crippen molar-refractivity contribution in [2.24, 2.45) is 0 Å². The fourth-order valence-electron chi connectivity index (χ4n) is 1.79. The predicted octanol–water partition coefficient (Wildman–Crippen LogP) is 2.56. The maximum absolute atomic E-state index is 13.2. The van der Waals surface area contributed by atoms with Crippen molar-refractivity contribution >= 4 is 0 Å². The van der Waals surface area contributed by atoms with Crippen LogP contribution in [0.1, 0.15) is 30.0 Å². The SMILES string of the molecule is Cc1ccc([C@@H]2CCCN2)cc1F. The standard InChI is InChI=1S/C11H14FN/c1-8-4-5-9(7-10(8)12)11-3-2-6-13-11/h4-5,7,11,13H,2-3,6H2,1H3/t11-/m0/s1. The molecule has 1 nitrogen and oxygen atoms in total. The lowest BCUT2D eigenvalue weighted by molar-refractivity contribution is 0.600. The highest BCUT2D eigenvalue weighted by atomic mass is 19.1. The van der Waals surface area contributed by atoms with Gasteiger partial charge in [-0.1, -0.05) is 12.1 Å². The first kappa shape index (κ1) is 8.70. The molecule has 0 spiro atoms. The van der Waals surface area contributed by atoms with Gasteiger partial charge >= 0.3 is 0 Å². The minimum atomic E-state index is -0.0915. The van der Waals surface area contributed by atoms with Crippen LogP contribution >= 0.6 is 0 Å². The highest BCUT2D eigenvalue weighted by Crippen LogP contribution is 2.24. The molecule has 2 heteroatoms. The van der Waals surface area contributed by atoms with Gasteiger partial charge in [-0.25, -0.2) is 4.39 Å². The van der Waals surface area contributed by atoms with Gasteiger partial charge in [0.1, 0.15) is 5.82 Å². The average molecular weight is 179 g/mol. The lowest BCUT2D eigenvalue weighted by atomic mass is 10.0. The minimum absolute atomic E-state index is 0.0915. The van der Waals surface area contributed by atoms with E-state index in [1.165, 1.54) is 6.42 Å². The summed E-state index contributed by atoms with van der Waals surface area (Å²) in [7, 11) is 0. The van der Waals surface area contributed by atoms with Gasteiger partial charge in [-0.3, -0.25) is 0 Å². The molecule has 0 aliphatic carbocycles. The molecule has 0 bridgehead atoms. The first-order chi connectivity index (χ1) is 6.27. The van der Waals surface area contributed by atoms with Crippen molar-refractivity contribution in [1.82, 2.24) is 5.32 Å². The summed E-state index contributed by atoms with van der Waals surface area (Å²) < 4.78 is 13.2. The topological polar surface area (TPSA) is 12.0 Å². The minimum Gasteiger partial charge on any atom is -0.310 e. The summed E-state index contributed by atoms with van der Waals surface area (Å²) >= 11 is 0. The first-order valence-corrected chi connectivity index (χ1v) is 4.77. The molecular formula is C11H14FN. The van der Waals surface area contributed by atoms with Gasteiger partial charge in [-0.2, -0.15) is 0 Å². The van der Waals surface area contributed by atoms with Crippen LogP contribution in [0, 0.1) is 12.7 Å². The van der Waals surface area contributed by atoms with Crippen LogP contribution in [0.4, 0.5) is 4.39 Å². The fourth-order valence-corrected chi connectivity index (χ4v) is 1.79. The van der Waals surface area contributed by atoms with E-state index in [-0.39, 0.29) is 5.82 Å². The number of aryl methyl sites for hydroxylation is 1. The molecule has 2 rings (SSSR count). The Morgan fingerprint density at radius 3 is 2.92 bits per heavy atom. The third-order valence-corrected chi connectivity index (χ3v) is 2.66. The molecular weight excluding hydrogens is 165 g/mol. The van der Waals surface area contributed by atoms with E-state index in [4.69, 9.17) is 0 Å². The molecule has 1 aromatic carbocycles. The molecule has 0 amide bonds. The zero-order valence-electron chi connectivity index (χ0n) is 7.81. The molecule has 0 saturated carbocycles. The first-order valence-electron chi connectivity index (χ1n) is 4.77. The lowest BCUT2D eigenvalue weighted by Crippen LogP contribution is -2.12. The summed E-state index contributed by atoms with van der Waals surface area (Å²) in [6, 6.07) is 5.89. The van der Waals surface area contributed by atoms with Crippen molar-refractivity contribution in [3.8, 4) is 0 Å². The summed E-state index contributed by atoms with van der Waals surface area (Å²) in [6.45, 7) is 2.85. The van der Waals surface area contributed by atoms with Crippen molar-refractivity contribution in [3.63, 3.8) is 0 Å². The van der Waals surface area contributed by atoms with E-state index in [1.807, 2.05) is 12.1 Å². The normalized spacial score (nSPS) is 22.2. The second kappa shape index (κ2) is 3.46. The molecule has 1 fully saturated rings. The maximum Gasteiger partial charge on any atom is 0.126 e. The van der Waals surface area contributed by atoms with Crippen LogP contribution in [0.25, 0.3) is 0 Å². The van der Waals surface area contributed by atoms with Gasteiger partial charge in [0.2, 0.25) is 0 Å². The Hall–Kier alpha value is -0.890. The molecule has 70 valence electrons. The Morgan fingerprint density at radius 1 is 1.46 bits per heavy atom. The Kier molecular flexibility index (Phi) is 2.32. The van der Waals surface area contributed by atoms with Crippen molar-refractivity contribution in [2.75, 3.05) is 6.54 Å². The van der Waals surface area contributed by atoms with E-state index in [1.54, 1.807) is 13.0 Å². The van der Waals surface area contributed by atoms with E-state index in [9.17, 15) is 4.39 Å². The van der Waals surface area contributed by atoms with Crippen LogP contribution in [0.2, 0.25) is 0 Å². The zero-order valence-corrected chi connectivity index (χ0v) is 7.81. The Balaban J connectivity index is 2.25. The molecule has 0 radical (unpaired) electrons. The van der Waals surface area contributed by atoms with Crippen LogP contribution in [-0.2, 0) is 0 Å². The highest BCUT2D eigenvalue weighted by Gasteiger charge is 2.16. The number of hydrogen-bond donors (Lipinski definition) is 1. The van der Waals surface area contributed by atoms with Gasteiger partial charge in [-0.15, -0.1) is 0 Å². The van der Waals surface area contributed by atoms with E-state index in [0.717, 1.165) is 24.1 Å². The maximum atomic E-state index is 13.2. The Labute approximate surface area is 78.0 Å². The Bertz CT molecular complexity index is 303. The van der Waals surface area contributed by atoms with Crippen LogP contribution in [0.15, 0.2) is 18.2 Å². The average Bonchev–Trinajstić information content (AvgIpc) is 2.62. The van der Waals surface area contributed by atoms with Crippen molar-refractivity contribution in [3.05, 3.63) is 35.1 Å². The fraction of sp³-hybridized carbons (Fsp3) is 0.455. The summed E-state index contributed by atoms with van der Waals surface area (Å²) in [5, 5.41) is 3.35. The van der Waals surface area contributed by atoms with Gasteiger partial charge in [0, 0.05) is 6.04 Å². The third kappa shape index (κ3) is 1.73. The van der Waals surface area contributed by atoms with Gasteiger partial charge in [0.05, 0.1) is 0 Å². The second-order valence-corrected chi connectivity index (χ2v) is 3.66. The van der Waals surface area contributed by atoms with E-state index < -0.39 is 0 Å². The third-order valence-electron chi connectivity index (χ3n) is 2.66. The molecule has 13 heavy (non-hydrogen) atoms. The van der Waals surface area contributed by atoms with Crippen LogP contribution in [-0.4, -0.2) is 6.54 Å². The van der Waals surface area contributed by atoms with Crippen LogP contribution in [0.3, 0.4) is 0 Å². The predicted molar refractivity (Wildman–Crippen MR) is 51.1 cm³/mol. The molecule has 0 unspecified atom stereocenters. The van der Waals surface area contributed by atoms with Gasteiger partial charge in [-0.05, 0) is 43.5 Å². The lowest BCUT2D eigenvalue weighted by Gasteiger charge is -2.10. The number of rotatable bonds is 1. The second-order valence-electron chi connectivity index (χ2n) is 3.66. The van der Waals surface area contributed by atoms with Gasteiger partial charge in [0.15, 0.2) is 0 Å². The smallest absolute Gasteiger partial charge is 0.126 e.